The van der Waals surface area contributed by atoms with Crippen LogP contribution in [0.4, 0.5) is 5.69 Å². The monoisotopic (exact) mass is 435 g/mol. The van der Waals surface area contributed by atoms with E-state index in [1.165, 1.54) is 11.9 Å². The third kappa shape index (κ3) is 2.77. The van der Waals surface area contributed by atoms with Crippen molar-refractivity contribution in [2.45, 2.75) is 50.0 Å². The third-order valence-electron chi connectivity index (χ3n) is 6.86. The van der Waals surface area contributed by atoms with Crippen LogP contribution < -0.4 is 10.6 Å². The van der Waals surface area contributed by atoms with Crippen LogP contribution in [0.3, 0.4) is 0 Å². The summed E-state index contributed by atoms with van der Waals surface area (Å²) in [6, 6.07) is 5.24. The number of rotatable bonds is 5. The number of carbonyl (C=O) groups excluding carboxylic acids is 3. The molecule has 2 bridgehead atoms. The molecule has 1 spiro atoms. The molecule has 3 saturated heterocycles. The molecule has 2 unspecified atom stereocenters. The van der Waals surface area contributed by atoms with Gasteiger partial charge in [0.1, 0.15) is 11.6 Å². The molecule has 9 heteroatoms. The first kappa shape index (κ1) is 21.1. The fourth-order valence-electron chi connectivity index (χ4n) is 5.55. The molecule has 1 aromatic rings. The van der Waals surface area contributed by atoms with Crippen molar-refractivity contribution < 1.29 is 24.2 Å². The van der Waals surface area contributed by atoms with Gasteiger partial charge in [-0.1, -0.05) is 23.7 Å². The first-order chi connectivity index (χ1) is 14.2. The molecule has 3 N–H and O–H groups in total. The zero-order valence-corrected chi connectivity index (χ0v) is 17.9. The van der Waals surface area contributed by atoms with Gasteiger partial charge < -0.3 is 25.4 Å². The maximum Gasteiger partial charge on any atom is 0.250 e. The molecule has 0 radical (unpaired) electrons. The van der Waals surface area contributed by atoms with Crippen molar-refractivity contribution in [2.24, 2.45) is 11.8 Å². The highest BCUT2D eigenvalue weighted by molar-refractivity contribution is 6.33. The predicted octanol–water partition coefficient (Wildman–Crippen LogP) is 1.17. The van der Waals surface area contributed by atoms with E-state index in [-0.39, 0.29) is 18.4 Å². The van der Waals surface area contributed by atoms with Gasteiger partial charge in [0.05, 0.1) is 40.8 Å². The van der Waals surface area contributed by atoms with Gasteiger partial charge in [0.15, 0.2) is 0 Å². The zero-order chi connectivity index (χ0) is 21.8. The van der Waals surface area contributed by atoms with E-state index in [1.54, 1.807) is 31.2 Å². The maximum absolute atomic E-state index is 13.5. The normalized spacial score (nSPS) is 35.3. The van der Waals surface area contributed by atoms with Crippen LogP contribution in [0.5, 0.6) is 0 Å². The lowest BCUT2D eigenvalue weighted by atomic mass is 9.66. The van der Waals surface area contributed by atoms with Gasteiger partial charge in [-0.05, 0) is 38.8 Å². The number of ether oxygens (including phenoxy) is 1. The Labute approximate surface area is 179 Å². The quantitative estimate of drug-likeness (QED) is 0.643. The smallest absolute Gasteiger partial charge is 0.250 e. The molecule has 3 fully saturated rings. The molecule has 30 heavy (non-hydrogen) atoms. The summed E-state index contributed by atoms with van der Waals surface area (Å²) in [5, 5.41) is 15.6. The standard InChI is InChI=1S/C21H26ClN3O5/c1-11(10-26)25-16(18(28)24-13-7-5-4-6-12(13)22)21-9-8-20(2,30-21)14(17(27)23-3)15(21)19(25)29/h4-7,11,14-16,26H,8-10H2,1-3H3,(H,23,27)(H,24,28)/t11-,14+,15+,16?,20-,21?/m1/s1. The van der Waals surface area contributed by atoms with Crippen molar-refractivity contribution in [3.63, 3.8) is 0 Å². The number of para-hydroxylation sites is 1. The van der Waals surface area contributed by atoms with E-state index in [0.717, 1.165) is 0 Å². The lowest BCUT2D eigenvalue weighted by Gasteiger charge is -2.35. The van der Waals surface area contributed by atoms with Crippen LogP contribution in [0, 0.1) is 11.8 Å². The molecule has 6 atom stereocenters. The number of carbonyl (C=O) groups is 3. The summed E-state index contributed by atoms with van der Waals surface area (Å²) >= 11 is 6.20. The number of likely N-dealkylation sites (tertiary alicyclic amines) is 1. The van der Waals surface area contributed by atoms with Gasteiger partial charge in [-0.15, -0.1) is 0 Å². The van der Waals surface area contributed by atoms with Crippen molar-refractivity contribution >= 4 is 35.0 Å². The number of halogens is 1. The summed E-state index contributed by atoms with van der Waals surface area (Å²) in [5.74, 6) is -2.54. The van der Waals surface area contributed by atoms with Crippen LogP contribution in [-0.2, 0) is 19.1 Å². The van der Waals surface area contributed by atoms with Gasteiger partial charge in [0, 0.05) is 7.05 Å². The summed E-state index contributed by atoms with van der Waals surface area (Å²) < 4.78 is 6.41. The fourth-order valence-corrected chi connectivity index (χ4v) is 5.73. The molecule has 3 aliphatic heterocycles. The molecule has 3 aliphatic rings. The number of nitrogens with one attached hydrogen (secondary N) is 2. The van der Waals surface area contributed by atoms with Crippen LogP contribution in [-0.4, -0.2) is 64.7 Å². The van der Waals surface area contributed by atoms with Gasteiger partial charge >= 0.3 is 0 Å². The van der Waals surface area contributed by atoms with E-state index in [0.29, 0.717) is 23.6 Å². The summed E-state index contributed by atoms with van der Waals surface area (Å²) in [6.07, 6.45) is 1.04. The van der Waals surface area contributed by atoms with Gasteiger partial charge in [0.2, 0.25) is 17.7 Å². The van der Waals surface area contributed by atoms with Crippen molar-refractivity contribution in [2.75, 3.05) is 19.0 Å². The Balaban J connectivity index is 1.78. The number of fused-ring (bicyclic) bond motifs is 1. The van der Waals surface area contributed by atoms with Crippen molar-refractivity contribution in [1.82, 2.24) is 10.2 Å². The lowest BCUT2D eigenvalue weighted by molar-refractivity contribution is -0.147. The van der Waals surface area contributed by atoms with Gasteiger partial charge in [-0.3, -0.25) is 14.4 Å². The molecule has 3 heterocycles. The Morgan fingerprint density at radius 3 is 2.67 bits per heavy atom. The largest absolute Gasteiger partial charge is 0.394 e. The molecule has 0 aromatic heterocycles. The van der Waals surface area contributed by atoms with Crippen molar-refractivity contribution in [1.29, 1.82) is 0 Å². The van der Waals surface area contributed by atoms with Crippen LogP contribution in [0.25, 0.3) is 0 Å². The number of hydrogen-bond acceptors (Lipinski definition) is 5. The van der Waals surface area contributed by atoms with E-state index >= 15 is 0 Å². The number of nitrogens with zero attached hydrogens (tertiary/aromatic N) is 1. The minimum atomic E-state index is -1.13. The van der Waals surface area contributed by atoms with Crippen LogP contribution in [0.15, 0.2) is 24.3 Å². The number of anilines is 1. The maximum atomic E-state index is 13.5. The third-order valence-corrected chi connectivity index (χ3v) is 7.19. The number of hydrogen-bond donors (Lipinski definition) is 3. The minimum absolute atomic E-state index is 0.277. The molecule has 4 rings (SSSR count). The number of amides is 3. The first-order valence-electron chi connectivity index (χ1n) is 10.1. The molecule has 162 valence electrons. The second-order valence-electron chi connectivity index (χ2n) is 8.59. The Morgan fingerprint density at radius 2 is 2.03 bits per heavy atom. The van der Waals surface area contributed by atoms with E-state index in [4.69, 9.17) is 16.3 Å². The first-order valence-corrected chi connectivity index (χ1v) is 10.5. The van der Waals surface area contributed by atoms with Crippen molar-refractivity contribution in [3.05, 3.63) is 29.3 Å². The highest BCUT2D eigenvalue weighted by atomic mass is 35.5. The zero-order valence-electron chi connectivity index (χ0n) is 17.1. The molecule has 1 aromatic carbocycles. The van der Waals surface area contributed by atoms with Gasteiger partial charge in [-0.25, -0.2) is 0 Å². The second kappa shape index (κ2) is 7.21. The lowest BCUT2D eigenvalue weighted by Crippen LogP contribution is -2.55. The van der Waals surface area contributed by atoms with Crippen LogP contribution in [0.2, 0.25) is 5.02 Å². The number of aliphatic hydroxyl groups excluding tert-OH is 1. The molecule has 0 aliphatic carbocycles. The Hall–Kier alpha value is -2.16. The van der Waals surface area contributed by atoms with E-state index in [2.05, 4.69) is 10.6 Å². The van der Waals surface area contributed by atoms with E-state index < -0.39 is 41.0 Å². The Kier molecular flexibility index (Phi) is 5.07. The molecular weight excluding hydrogens is 410 g/mol. The average Bonchev–Trinajstić information content (AvgIpc) is 3.29. The molecular formula is C21H26ClN3O5. The molecule has 0 saturated carbocycles. The van der Waals surface area contributed by atoms with E-state index in [9.17, 15) is 19.5 Å². The van der Waals surface area contributed by atoms with E-state index in [1.807, 2.05) is 6.92 Å². The summed E-state index contributed by atoms with van der Waals surface area (Å²) in [7, 11) is 1.53. The highest BCUT2D eigenvalue weighted by Crippen LogP contribution is 2.63. The summed E-state index contributed by atoms with van der Waals surface area (Å²) in [6.45, 7) is 3.19. The topological polar surface area (TPSA) is 108 Å². The second-order valence-corrected chi connectivity index (χ2v) is 9.00. The van der Waals surface area contributed by atoms with Gasteiger partial charge in [-0.2, -0.15) is 0 Å². The average molecular weight is 436 g/mol. The SMILES string of the molecule is CNC(=O)[C@@H]1[C@H]2C(=O)N([C@H](C)CO)C(C(=O)Nc3ccccc3Cl)C23CC[C@@]1(C)O3. The molecule has 8 nitrogen and oxygen atoms in total. The predicted molar refractivity (Wildman–Crippen MR) is 110 cm³/mol. The minimum Gasteiger partial charge on any atom is -0.394 e. The number of benzene rings is 1. The molecule has 3 amide bonds. The Bertz CT molecular complexity index is 910. The van der Waals surface area contributed by atoms with Gasteiger partial charge in [0.25, 0.3) is 0 Å². The fraction of sp³-hybridized carbons (Fsp3) is 0.571. The highest BCUT2D eigenvalue weighted by Gasteiger charge is 2.78. The van der Waals surface area contributed by atoms with Crippen LogP contribution in [0.1, 0.15) is 26.7 Å². The Morgan fingerprint density at radius 1 is 1.33 bits per heavy atom. The summed E-state index contributed by atoms with van der Waals surface area (Å²) in [5.41, 5.74) is -1.52. The van der Waals surface area contributed by atoms with Crippen LogP contribution >= 0.6 is 11.6 Å². The van der Waals surface area contributed by atoms with Crippen molar-refractivity contribution in [3.8, 4) is 0 Å². The number of aliphatic hydroxyl groups is 1. The summed E-state index contributed by atoms with van der Waals surface area (Å²) in [4.78, 5) is 41.1.